The van der Waals surface area contributed by atoms with Gasteiger partial charge in [-0.3, -0.25) is 14.9 Å². The quantitative estimate of drug-likeness (QED) is 0.231. The Morgan fingerprint density at radius 1 is 0.805 bits per heavy atom. The predicted octanol–water partition coefficient (Wildman–Crippen LogP) is 9.08. The molecule has 3 aromatic carbocycles. The van der Waals surface area contributed by atoms with Gasteiger partial charge in [0.2, 0.25) is 5.91 Å². The van der Waals surface area contributed by atoms with Crippen LogP contribution in [0.15, 0.2) is 54.6 Å². The number of amides is 3. The third-order valence-electron chi connectivity index (χ3n) is 6.24. The molecule has 216 valence electrons. The molecule has 3 amide bonds. The molecule has 12 heteroatoms. The van der Waals surface area contributed by atoms with Crippen LogP contribution in [-0.4, -0.2) is 27.8 Å². The lowest BCUT2D eigenvalue weighted by Gasteiger charge is -2.20. The van der Waals surface area contributed by atoms with E-state index in [-0.39, 0.29) is 10.6 Å². The van der Waals surface area contributed by atoms with E-state index in [0.29, 0.717) is 38.2 Å². The van der Waals surface area contributed by atoms with E-state index in [1.54, 1.807) is 70.2 Å². The minimum Gasteiger partial charge on any atom is -0.444 e. The summed E-state index contributed by atoms with van der Waals surface area (Å²) in [6.07, 6.45) is -0.589. The van der Waals surface area contributed by atoms with Crippen LogP contribution >= 0.6 is 58.0 Å². The van der Waals surface area contributed by atoms with Gasteiger partial charge in [-0.05, 0) is 87.4 Å². The van der Waals surface area contributed by atoms with Crippen molar-refractivity contribution in [3.05, 3.63) is 86.4 Å². The highest BCUT2D eigenvalue weighted by molar-refractivity contribution is 6.53. The van der Waals surface area contributed by atoms with Gasteiger partial charge in [0.1, 0.15) is 9.93 Å². The number of benzene rings is 3. The number of ether oxygens (including phenoxy) is 1. The summed E-state index contributed by atoms with van der Waals surface area (Å²) in [5.41, 5.74) is 2.22. The molecule has 1 aliphatic carbocycles. The van der Waals surface area contributed by atoms with Gasteiger partial charge in [0.15, 0.2) is 0 Å². The number of carbonyl (C=O) groups is 3. The molecule has 7 nitrogen and oxygen atoms in total. The molecule has 1 fully saturated rings. The highest BCUT2D eigenvalue weighted by Crippen LogP contribution is 2.65. The summed E-state index contributed by atoms with van der Waals surface area (Å²) in [7, 11) is 0. The average molecular weight is 658 g/mol. The Bertz CT molecular complexity index is 1540. The van der Waals surface area contributed by atoms with Crippen molar-refractivity contribution in [2.45, 2.75) is 43.5 Å². The molecule has 41 heavy (non-hydrogen) atoms. The van der Waals surface area contributed by atoms with Gasteiger partial charge in [-0.25, -0.2) is 4.79 Å². The van der Waals surface area contributed by atoms with Gasteiger partial charge in [-0.15, -0.1) is 23.2 Å². The van der Waals surface area contributed by atoms with Gasteiger partial charge >= 0.3 is 6.09 Å². The fourth-order valence-corrected chi connectivity index (χ4v) is 5.60. The maximum absolute atomic E-state index is 13.1. The second-order valence-electron chi connectivity index (χ2n) is 10.6. The number of aryl methyl sites for hydroxylation is 1. The van der Waals surface area contributed by atoms with E-state index in [9.17, 15) is 14.4 Å². The van der Waals surface area contributed by atoms with Gasteiger partial charge in [0.25, 0.3) is 5.91 Å². The fraction of sp³-hybridized carbons (Fsp3) is 0.276. The minimum atomic E-state index is -1.34. The number of halogens is 5. The van der Waals surface area contributed by atoms with Crippen LogP contribution in [0.1, 0.15) is 48.2 Å². The summed E-state index contributed by atoms with van der Waals surface area (Å²) in [5.74, 6) is -2.17. The Labute approximate surface area is 262 Å². The summed E-state index contributed by atoms with van der Waals surface area (Å²) in [4.78, 5) is 38.3. The van der Waals surface area contributed by atoms with E-state index in [0.717, 1.165) is 0 Å². The van der Waals surface area contributed by atoms with E-state index in [1.807, 2.05) is 0 Å². The number of carbonyl (C=O) groups excluding carboxylic acids is 3. The first-order chi connectivity index (χ1) is 19.1. The van der Waals surface area contributed by atoms with Crippen LogP contribution in [0.25, 0.3) is 0 Å². The molecule has 1 unspecified atom stereocenters. The molecule has 3 N–H and O–H groups in total. The third-order valence-corrected chi connectivity index (χ3v) is 8.25. The number of nitrogens with one attached hydrogen (secondary N) is 3. The molecule has 1 saturated carbocycles. The van der Waals surface area contributed by atoms with Crippen molar-refractivity contribution < 1.29 is 19.1 Å². The smallest absolute Gasteiger partial charge is 0.412 e. The van der Waals surface area contributed by atoms with E-state index >= 15 is 0 Å². The Morgan fingerprint density at radius 2 is 1.44 bits per heavy atom. The zero-order chi connectivity index (χ0) is 30.3. The Morgan fingerprint density at radius 3 is 2.07 bits per heavy atom. The van der Waals surface area contributed by atoms with Crippen LogP contribution < -0.4 is 16.0 Å². The van der Waals surface area contributed by atoms with Crippen LogP contribution in [0, 0.1) is 12.8 Å². The normalized spacial score (nSPS) is 17.4. The first kappa shape index (κ1) is 31.3. The number of hydrogen-bond donors (Lipinski definition) is 3. The Balaban J connectivity index is 1.44. The lowest BCUT2D eigenvalue weighted by atomic mass is 10.1. The Kier molecular flexibility index (Phi) is 9.07. The van der Waals surface area contributed by atoms with Crippen molar-refractivity contribution >= 4 is 93.0 Å². The topological polar surface area (TPSA) is 96.5 Å². The first-order valence-electron chi connectivity index (χ1n) is 12.4. The molecule has 0 heterocycles. The SMILES string of the molecule is Cc1cc(NC(=O)OC(C)(C)C)ccc1NC(=O)c1cc(NC(=O)C2[C@H](c3ccc(Cl)c(Cl)c3)C2(Cl)Cl)ccc1Cl. The lowest BCUT2D eigenvalue weighted by Crippen LogP contribution is -2.27. The average Bonchev–Trinajstić information content (AvgIpc) is 3.44. The maximum atomic E-state index is 13.1. The zero-order valence-corrected chi connectivity index (χ0v) is 26.2. The summed E-state index contributed by atoms with van der Waals surface area (Å²) in [6.45, 7) is 7.08. The summed E-state index contributed by atoms with van der Waals surface area (Å²) in [5, 5.41) is 9.13. The Hall–Kier alpha value is -2.68. The molecule has 2 atom stereocenters. The number of rotatable bonds is 6. The molecule has 1 aliphatic rings. The van der Waals surface area contributed by atoms with Crippen LogP contribution in [0.4, 0.5) is 21.9 Å². The molecule has 0 aromatic heterocycles. The van der Waals surface area contributed by atoms with E-state index < -0.39 is 39.7 Å². The van der Waals surface area contributed by atoms with Crippen molar-refractivity contribution in [1.82, 2.24) is 0 Å². The van der Waals surface area contributed by atoms with E-state index in [1.165, 1.54) is 12.1 Å². The summed E-state index contributed by atoms with van der Waals surface area (Å²) in [6, 6.07) is 14.5. The molecule has 0 aliphatic heterocycles. The van der Waals surface area contributed by atoms with E-state index in [4.69, 9.17) is 62.7 Å². The third kappa shape index (κ3) is 7.40. The van der Waals surface area contributed by atoms with Gasteiger partial charge < -0.3 is 15.4 Å². The van der Waals surface area contributed by atoms with E-state index in [2.05, 4.69) is 16.0 Å². The van der Waals surface area contributed by atoms with Crippen LogP contribution in [0.2, 0.25) is 15.1 Å². The van der Waals surface area contributed by atoms with Crippen LogP contribution in [0.5, 0.6) is 0 Å². The molecule has 0 spiro atoms. The van der Waals surface area contributed by atoms with Crippen molar-refractivity contribution in [2.75, 3.05) is 16.0 Å². The molecule has 0 radical (unpaired) electrons. The standard InChI is InChI=1S/C29H26Cl5N3O4/c1-14-11-16(36-27(40)41-28(2,3)4)7-10-22(14)37-25(38)18-13-17(6-9-19(18)30)35-26(39)24-23(29(24,33)34)15-5-8-20(31)21(32)12-15/h5-13,23-24H,1-4H3,(H,35,39)(H,36,40)(H,37,38)/t23-,24?/m0/s1. The minimum absolute atomic E-state index is 0.139. The molecular weight excluding hydrogens is 632 g/mol. The number of anilines is 3. The van der Waals surface area contributed by atoms with Gasteiger partial charge in [0.05, 0.1) is 26.5 Å². The lowest BCUT2D eigenvalue weighted by molar-refractivity contribution is -0.117. The number of alkyl halides is 2. The molecule has 3 aromatic rings. The second kappa shape index (κ2) is 11.9. The molecule has 0 bridgehead atoms. The monoisotopic (exact) mass is 655 g/mol. The van der Waals surface area contributed by atoms with Gasteiger partial charge in [-0.2, -0.15) is 0 Å². The maximum Gasteiger partial charge on any atom is 0.412 e. The van der Waals surface area contributed by atoms with Gasteiger partial charge in [0, 0.05) is 23.0 Å². The van der Waals surface area contributed by atoms with Crippen LogP contribution in [0.3, 0.4) is 0 Å². The molecule has 4 rings (SSSR count). The van der Waals surface area contributed by atoms with Crippen molar-refractivity contribution in [3.63, 3.8) is 0 Å². The number of hydrogen-bond acceptors (Lipinski definition) is 4. The predicted molar refractivity (Wildman–Crippen MR) is 166 cm³/mol. The molecular formula is C29H26Cl5N3O4. The second-order valence-corrected chi connectivity index (χ2v) is 13.3. The largest absolute Gasteiger partial charge is 0.444 e. The van der Waals surface area contributed by atoms with Crippen LogP contribution in [-0.2, 0) is 9.53 Å². The van der Waals surface area contributed by atoms with Crippen molar-refractivity contribution in [3.8, 4) is 0 Å². The highest BCUT2D eigenvalue weighted by Gasteiger charge is 2.67. The fourth-order valence-electron chi connectivity index (χ4n) is 4.26. The van der Waals surface area contributed by atoms with Crippen molar-refractivity contribution in [2.24, 2.45) is 5.92 Å². The zero-order valence-electron chi connectivity index (χ0n) is 22.4. The summed E-state index contributed by atoms with van der Waals surface area (Å²) >= 11 is 31.3. The first-order valence-corrected chi connectivity index (χ1v) is 14.3. The molecule has 0 saturated heterocycles. The van der Waals surface area contributed by atoms with Crippen molar-refractivity contribution in [1.29, 1.82) is 0 Å². The summed E-state index contributed by atoms with van der Waals surface area (Å²) < 4.78 is 3.93. The van der Waals surface area contributed by atoms with Gasteiger partial charge in [-0.1, -0.05) is 40.9 Å². The highest BCUT2D eigenvalue weighted by atomic mass is 35.5.